The summed E-state index contributed by atoms with van der Waals surface area (Å²) in [7, 11) is -1.23. The van der Waals surface area contributed by atoms with Crippen molar-refractivity contribution in [3.63, 3.8) is 0 Å². The summed E-state index contributed by atoms with van der Waals surface area (Å²) in [5.74, 6) is -0.985. The number of alkyl carbamates (subject to hydrolysis) is 1. The minimum absolute atomic E-state index is 0.0811. The minimum Gasteiger partial charge on any atom is -0.455 e. The molecule has 58 heavy (non-hydrogen) atoms. The highest BCUT2D eigenvalue weighted by molar-refractivity contribution is 7.92. The molecule has 1 atom stereocenters. The van der Waals surface area contributed by atoms with Crippen LogP contribution in [0.4, 0.5) is 14.9 Å². The van der Waals surface area contributed by atoms with Gasteiger partial charge in [0.25, 0.3) is 5.91 Å². The predicted octanol–water partition coefficient (Wildman–Crippen LogP) is 6.85. The van der Waals surface area contributed by atoms with Crippen LogP contribution in [-0.4, -0.2) is 87.3 Å². The summed E-state index contributed by atoms with van der Waals surface area (Å²) >= 11 is 0. The summed E-state index contributed by atoms with van der Waals surface area (Å²) < 4.78 is 60.3. The fourth-order valence-corrected chi connectivity index (χ4v) is 8.31. The van der Waals surface area contributed by atoms with Gasteiger partial charge in [-0.2, -0.15) is 4.98 Å². The van der Waals surface area contributed by atoms with Gasteiger partial charge in [0.1, 0.15) is 23.2 Å². The monoisotopic (exact) mass is 810 g/mol. The second-order valence-electron chi connectivity index (χ2n) is 14.6. The Hall–Kier alpha value is -6.29. The lowest BCUT2D eigenvalue weighted by atomic mass is 9.94. The lowest BCUT2D eigenvalue weighted by Gasteiger charge is -2.37. The van der Waals surface area contributed by atoms with Crippen molar-refractivity contribution in [1.29, 1.82) is 0 Å². The first-order valence-electron chi connectivity index (χ1n) is 18.8. The zero-order chi connectivity index (χ0) is 41.3. The summed E-state index contributed by atoms with van der Waals surface area (Å²) in [6.45, 7) is 4.47. The first-order valence-corrected chi connectivity index (χ1v) is 20.6. The largest absolute Gasteiger partial charge is 0.455 e. The van der Waals surface area contributed by atoms with Gasteiger partial charge in [-0.3, -0.25) is 13.9 Å². The van der Waals surface area contributed by atoms with Gasteiger partial charge in [-0.05, 0) is 84.8 Å². The molecule has 2 N–H and O–H groups in total. The fraction of sp³-hybridized carbons (Fsp3) is 0.310. The highest BCUT2D eigenvalue weighted by atomic mass is 32.2. The number of ether oxygens (including phenoxy) is 1. The Balaban J connectivity index is 1.32. The van der Waals surface area contributed by atoms with Gasteiger partial charge < -0.3 is 29.1 Å². The SMILES string of the molecule is CNC(=O)c1c(-c2ccc(F)cc2)oc2cc(N(CC3CCN(C(=O)C(NC(=O)OC)C(C)C)CC3)S(C)(=O)=O)c(-c3cccc(-c4nc5ncccc5o4)c3)cc12. The van der Waals surface area contributed by atoms with E-state index >= 15 is 0 Å². The summed E-state index contributed by atoms with van der Waals surface area (Å²) in [6, 6.07) is 18.9. The number of oxazole rings is 1. The van der Waals surface area contributed by atoms with Crippen LogP contribution in [0, 0.1) is 17.7 Å². The van der Waals surface area contributed by atoms with Crippen molar-refractivity contribution in [2.75, 3.05) is 44.4 Å². The number of piperidine rings is 1. The number of carbonyl (C=O) groups is 3. The molecule has 6 aromatic rings. The smallest absolute Gasteiger partial charge is 0.407 e. The molecule has 1 fully saturated rings. The number of hydrogen-bond donors (Lipinski definition) is 2. The summed E-state index contributed by atoms with van der Waals surface area (Å²) in [6.07, 6.45) is 3.05. The molecule has 0 spiro atoms. The number of carbonyl (C=O) groups excluding carboxylic acids is 3. The Morgan fingerprint density at radius 3 is 2.34 bits per heavy atom. The number of nitrogens with zero attached hydrogens (tertiary/aromatic N) is 4. The van der Waals surface area contributed by atoms with E-state index in [1.807, 2.05) is 32.0 Å². The van der Waals surface area contributed by atoms with Gasteiger partial charge >= 0.3 is 6.09 Å². The zero-order valence-corrected chi connectivity index (χ0v) is 33.4. The molecule has 14 nitrogen and oxygen atoms in total. The molecule has 0 saturated carbocycles. The van der Waals surface area contributed by atoms with E-state index in [1.165, 1.54) is 42.7 Å². The maximum absolute atomic E-state index is 14.0. The Kier molecular flexibility index (Phi) is 11.2. The normalized spacial score (nSPS) is 14.2. The number of fused-ring (bicyclic) bond motifs is 2. The molecule has 7 rings (SSSR count). The third-order valence-corrected chi connectivity index (χ3v) is 11.5. The lowest BCUT2D eigenvalue weighted by Crippen LogP contribution is -2.53. The van der Waals surface area contributed by atoms with Crippen molar-refractivity contribution in [2.24, 2.45) is 11.8 Å². The molecule has 0 aliphatic carbocycles. The minimum atomic E-state index is -3.96. The number of furan rings is 1. The number of methoxy groups -OCH3 is 1. The number of anilines is 1. The molecule has 1 aliphatic rings. The van der Waals surface area contributed by atoms with Gasteiger partial charge in [0.05, 0.1) is 24.6 Å². The van der Waals surface area contributed by atoms with Gasteiger partial charge in [0.15, 0.2) is 11.2 Å². The summed E-state index contributed by atoms with van der Waals surface area (Å²) in [4.78, 5) is 49.6. The second kappa shape index (κ2) is 16.3. The van der Waals surface area contributed by atoms with Crippen molar-refractivity contribution >= 4 is 55.8 Å². The van der Waals surface area contributed by atoms with Crippen LogP contribution in [0.25, 0.3) is 56.1 Å². The first kappa shape index (κ1) is 39.9. The van der Waals surface area contributed by atoms with Crippen LogP contribution < -0.4 is 14.9 Å². The molecule has 4 heterocycles. The number of rotatable bonds is 11. The molecule has 302 valence electrons. The molecule has 0 bridgehead atoms. The number of pyridine rings is 1. The van der Waals surface area contributed by atoms with Crippen LogP contribution in [-0.2, 0) is 19.6 Å². The second-order valence-corrected chi connectivity index (χ2v) is 16.5. The van der Waals surface area contributed by atoms with E-state index in [0.29, 0.717) is 76.4 Å². The molecule has 1 aliphatic heterocycles. The van der Waals surface area contributed by atoms with E-state index in [1.54, 1.807) is 41.4 Å². The van der Waals surface area contributed by atoms with Crippen LogP contribution in [0.2, 0.25) is 0 Å². The van der Waals surface area contributed by atoms with Gasteiger partial charge in [0, 0.05) is 61.0 Å². The van der Waals surface area contributed by atoms with E-state index in [2.05, 4.69) is 20.6 Å². The van der Waals surface area contributed by atoms with E-state index in [0.717, 1.165) is 6.26 Å². The Morgan fingerprint density at radius 2 is 1.69 bits per heavy atom. The van der Waals surface area contributed by atoms with Gasteiger partial charge in [-0.1, -0.05) is 26.0 Å². The highest BCUT2D eigenvalue weighted by Gasteiger charge is 2.34. The van der Waals surface area contributed by atoms with E-state index in [-0.39, 0.29) is 41.2 Å². The number of sulfonamides is 1. The van der Waals surface area contributed by atoms with Gasteiger partial charge in [-0.15, -0.1) is 0 Å². The zero-order valence-electron chi connectivity index (χ0n) is 32.6. The Labute approximate surface area is 334 Å². The Bertz CT molecular complexity index is 2580. The van der Waals surface area contributed by atoms with Crippen LogP contribution in [0.15, 0.2) is 87.8 Å². The van der Waals surface area contributed by atoms with E-state index in [9.17, 15) is 27.2 Å². The van der Waals surface area contributed by atoms with Crippen LogP contribution in [0.1, 0.15) is 37.0 Å². The van der Waals surface area contributed by atoms with E-state index in [4.69, 9.17) is 13.6 Å². The number of nitrogens with one attached hydrogen (secondary N) is 2. The molecule has 3 aromatic heterocycles. The summed E-state index contributed by atoms with van der Waals surface area (Å²) in [5.41, 5.74) is 3.81. The van der Waals surface area contributed by atoms with Crippen molar-refractivity contribution in [1.82, 2.24) is 25.5 Å². The van der Waals surface area contributed by atoms with Crippen LogP contribution in [0.5, 0.6) is 0 Å². The van der Waals surface area contributed by atoms with Crippen molar-refractivity contribution in [3.05, 3.63) is 90.4 Å². The van der Waals surface area contributed by atoms with Crippen molar-refractivity contribution in [3.8, 4) is 33.9 Å². The maximum atomic E-state index is 14.0. The predicted molar refractivity (Wildman–Crippen MR) is 217 cm³/mol. The van der Waals surface area contributed by atoms with Crippen molar-refractivity contribution < 1.29 is 40.8 Å². The van der Waals surface area contributed by atoms with Crippen LogP contribution >= 0.6 is 0 Å². The van der Waals surface area contributed by atoms with Crippen LogP contribution in [0.3, 0.4) is 0 Å². The standard InChI is InChI=1S/C42H43FN6O8S/c1-24(2)36(46-42(52)55-4)41(51)48-18-15-25(16-19-48)23-49(58(5,53)54)32-22-34-31(35(39(50)44-3)37(56-34)26-11-13-29(43)14-12-26)21-30(32)27-8-6-9-28(20-27)40-47-38-33(57-40)10-7-17-45-38/h6-14,17,20-22,24-25,36H,15-16,18-19,23H2,1-5H3,(H,44,50)(H,46,52). The molecule has 1 saturated heterocycles. The molecule has 3 amide bonds. The third-order valence-electron chi connectivity index (χ3n) is 10.4. The molecule has 0 radical (unpaired) electrons. The quantitative estimate of drug-likeness (QED) is 0.141. The molecular formula is C42H43FN6O8S. The molecular weight excluding hydrogens is 768 g/mol. The maximum Gasteiger partial charge on any atom is 0.407 e. The average Bonchev–Trinajstić information content (AvgIpc) is 3.83. The summed E-state index contributed by atoms with van der Waals surface area (Å²) in [5, 5.41) is 5.72. The topological polar surface area (TPSA) is 177 Å². The average molecular weight is 811 g/mol. The number of amides is 3. The fourth-order valence-electron chi connectivity index (χ4n) is 7.32. The van der Waals surface area contributed by atoms with E-state index < -0.39 is 33.9 Å². The van der Waals surface area contributed by atoms with Gasteiger partial charge in [0.2, 0.25) is 21.8 Å². The van der Waals surface area contributed by atoms with Crippen molar-refractivity contribution in [2.45, 2.75) is 32.7 Å². The number of benzene rings is 3. The van der Waals surface area contributed by atoms with Gasteiger partial charge in [-0.25, -0.2) is 22.6 Å². The molecule has 16 heteroatoms. The highest BCUT2D eigenvalue weighted by Crippen LogP contribution is 2.43. The number of hydrogen-bond acceptors (Lipinski definition) is 10. The first-order chi connectivity index (χ1) is 27.7. The number of likely N-dealkylation sites (tertiary alicyclic amines) is 1. The number of halogens is 1. The Morgan fingerprint density at radius 1 is 0.966 bits per heavy atom. The third kappa shape index (κ3) is 8.09. The lowest BCUT2D eigenvalue weighted by molar-refractivity contribution is -0.135. The molecule has 1 unspecified atom stereocenters. The number of aromatic nitrogens is 2. The molecule has 3 aromatic carbocycles.